The van der Waals surface area contributed by atoms with Gasteiger partial charge in [0.1, 0.15) is 0 Å². The van der Waals surface area contributed by atoms with Crippen LogP contribution in [0.3, 0.4) is 0 Å². The van der Waals surface area contributed by atoms with Gasteiger partial charge in [0.15, 0.2) is 5.82 Å². The summed E-state index contributed by atoms with van der Waals surface area (Å²) >= 11 is 0. The molecule has 108 valence electrons. The average molecular weight is 267 g/mol. The van der Waals surface area contributed by atoms with Crippen LogP contribution in [0.15, 0.2) is 4.52 Å². The number of nitrogens with zero attached hydrogens (tertiary/aromatic N) is 3. The summed E-state index contributed by atoms with van der Waals surface area (Å²) in [4.78, 5) is 6.68. The highest BCUT2D eigenvalue weighted by Crippen LogP contribution is 2.27. The van der Waals surface area contributed by atoms with Gasteiger partial charge < -0.3 is 14.5 Å². The highest BCUT2D eigenvalue weighted by molar-refractivity contribution is 5.26. The molecule has 19 heavy (non-hydrogen) atoms. The summed E-state index contributed by atoms with van der Waals surface area (Å²) in [6.45, 7) is 8.51. The Bertz CT molecular complexity index is 390. The van der Waals surface area contributed by atoms with Crippen LogP contribution in [0.25, 0.3) is 0 Å². The van der Waals surface area contributed by atoms with Gasteiger partial charge in [-0.25, -0.2) is 0 Å². The molecular weight excluding hydrogens is 242 g/mol. The van der Waals surface area contributed by atoms with Crippen molar-refractivity contribution in [2.24, 2.45) is 5.92 Å². The molecule has 0 saturated carbocycles. The molecule has 0 bridgehead atoms. The van der Waals surface area contributed by atoms with Gasteiger partial charge in [-0.1, -0.05) is 25.9 Å². The number of aromatic nitrogens is 2. The Hall–Kier alpha value is -1.10. The summed E-state index contributed by atoms with van der Waals surface area (Å²) < 4.78 is 5.37. The molecule has 0 unspecified atom stereocenters. The highest BCUT2D eigenvalue weighted by atomic mass is 16.5. The average Bonchev–Trinajstić information content (AvgIpc) is 2.86. The van der Waals surface area contributed by atoms with Crippen LogP contribution in [0.2, 0.25) is 0 Å². The van der Waals surface area contributed by atoms with Crippen molar-refractivity contribution >= 4 is 6.01 Å². The molecule has 2 rings (SSSR count). The van der Waals surface area contributed by atoms with E-state index in [1.165, 1.54) is 0 Å². The smallest absolute Gasteiger partial charge is 0.324 e. The summed E-state index contributed by atoms with van der Waals surface area (Å²) in [5.74, 6) is 1.50. The van der Waals surface area contributed by atoms with E-state index in [4.69, 9.17) is 9.63 Å². The third-order valence-electron chi connectivity index (χ3n) is 3.74. The standard InChI is InChI=1S/C14H25N3O2/c1-14(2,3)12-15-13(19-16-12)17-8-6-11(7-9-17)5-4-10-18/h11,18H,4-10H2,1-3H3. The summed E-state index contributed by atoms with van der Waals surface area (Å²) in [5, 5.41) is 12.9. The van der Waals surface area contributed by atoms with Crippen molar-refractivity contribution in [2.45, 2.75) is 51.9 Å². The van der Waals surface area contributed by atoms with Gasteiger partial charge in [0.05, 0.1) is 0 Å². The van der Waals surface area contributed by atoms with E-state index in [9.17, 15) is 0 Å². The first-order valence-corrected chi connectivity index (χ1v) is 7.20. The van der Waals surface area contributed by atoms with Crippen LogP contribution in [-0.4, -0.2) is 34.9 Å². The molecular formula is C14H25N3O2. The number of piperidine rings is 1. The van der Waals surface area contributed by atoms with Crippen molar-refractivity contribution < 1.29 is 9.63 Å². The van der Waals surface area contributed by atoms with E-state index >= 15 is 0 Å². The summed E-state index contributed by atoms with van der Waals surface area (Å²) in [5.41, 5.74) is -0.0683. The van der Waals surface area contributed by atoms with Crippen LogP contribution in [0.4, 0.5) is 6.01 Å². The van der Waals surface area contributed by atoms with E-state index in [1.54, 1.807) is 0 Å². The quantitative estimate of drug-likeness (QED) is 0.907. The Balaban J connectivity index is 1.89. The molecule has 0 aromatic carbocycles. The van der Waals surface area contributed by atoms with E-state index in [-0.39, 0.29) is 5.41 Å². The molecule has 0 amide bonds. The number of anilines is 1. The van der Waals surface area contributed by atoms with Crippen molar-refractivity contribution in [3.05, 3.63) is 5.82 Å². The maximum Gasteiger partial charge on any atom is 0.324 e. The Morgan fingerprint density at radius 3 is 2.53 bits per heavy atom. The van der Waals surface area contributed by atoms with Crippen molar-refractivity contribution in [2.75, 3.05) is 24.6 Å². The van der Waals surface area contributed by atoms with Crippen molar-refractivity contribution in [3.63, 3.8) is 0 Å². The molecule has 5 nitrogen and oxygen atoms in total. The molecule has 0 aliphatic carbocycles. The van der Waals surface area contributed by atoms with Crippen LogP contribution in [0, 0.1) is 5.92 Å². The molecule has 1 fully saturated rings. The van der Waals surface area contributed by atoms with Crippen LogP contribution in [0.1, 0.15) is 52.3 Å². The van der Waals surface area contributed by atoms with Crippen LogP contribution in [0.5, 0.6) is 0 Å². The Labute approximate surface area is 115 Å². The van der Waals surface area contributed by atoms with Crippen molar-refractivity contribution in [1.29, 1.82) is 0 Å². The topological polar surface area (TPSA) is 62.4 Å². The Morgan fingerprint density at radius 2 is 2.00 bits per heavy atom. The zero-order chi connectivity index (χ0) is 13.9. The first-order valence-electron chi connectivity index (χ1n) is 7.20. The zero-order valence-corrected chi connectivity index (χ0v) is 12.2. The summed E-state index contributed by atoms with van der Waals surface area (Å²) in [7, 11) is 0. The second-order valence-electron chi connectivity index (χ2n) is 6.45. The monoisotopic (exact) mass is 267 g/mol. The molecule has 5 heteroatoms. The van der Waals surface area contributed by atoms with Gasteiger partial charge >= 0.3 is 6.01 Å². The number of hydrogen-bond donors (Lipinski definition) is 1. The SMILES string of the molecule is CC(C)(C)c1noc(N2CCC(CCCO)CC2)n1. The van der Waals surface area contributed by atoms with Gasteiger partial charge in [-0.15, -0.1) is 0 Å². The largest absolute Gasteiger partial charge is 0.396 e. The number of aliphatic hydroxyl groups excluding tert-OH is 1. The number of rotatable bonds is 4. The lowest BCUT2D eigenvalue weighted by Crippen LogP contribution is -2.34. The van der Waals surface area contributed by atoms with E-state index in [0.29, 0.717) is 12.6 Å². The molecule has 0 spiro atoms. The lowest BCUT2D eigenvalue weighted by Gasteiger charge is -2.30. The van der Waals surface area contributed by atoms with E-state index in [2.05, 4.69) is 35.8 Å². The van der Waals surface area contributed by atoms with Crippen LogP contribution >= 0.6 is 0 Å². The van der Waals surface area contributed by atoms with E-state index < -0.39 is 0 Å². The van der Waals surface area contributed by atoms with Gasteiger partial charge in [0, 0.05) is 25.1 Å². The first kappa shape index (κ1) is 14.3. The molecule has 1 aromatic rings. The maximum atomic E-state index is 8.86. The van der Waals surface area contributed by atoms with Crippen molar-refractivity contribution in [1.82, 2.24) is 10.1 Å². The summed E-state index contributed by atoms with van der Waals surface area (Å²) in [6.07, 6.45) is 4.33. The third-order valence-corrected chi connectivity index (χ3v) is 3.74. The zero-order valence-electron chi connectivity index (χ0n) is 12.2. The lowest BCUT2D eigenvalue weighted by atomic mass is 9.92. The van der Waals surface area contributed by atoms with Crippen molar-refractivity contribution in [3.8, 4) is 0 Å². The van der Waals surface area contributed by atoms with Crippen LogP contribution < -0.4 is 4.90 Å². The predicted octanol–water partition coefficient (Wildman–Crippen LogP) is 2.36. The minimum absolute atomic E-state index is 0.0683. The molecule has 1 aliphatic rings. The molecule has 1 N–H and O–H groups in total. The molecule has 1 saturated heterocycles. The molecule has 1 aromatic heterocycles. The molecule has 1 aliphatic heterocycles. The normalized spacial score (nSPS) is 18.0. The fraction of sp³-hybridized carbons (Fsp3) is 0.857. The number of aliphatic hydroxyl groups is 1. The highest BCUT2D eigenvalue weighted by Gasteiger charge is 2.26. The third kappa shape index (κ3) is 3.69. The minimum Gasteiger partial charge on any atom is -0.396 e. The second kappa shape index (κ2) is 5.90. The minimum atomic E-state index is -0.0683. The fourth-order valence-electron chi connectivity index (χ4n) is 2.44. The Morgan fingerprint density at radius 1 is 1.32 bits per heavy atom. The van der Waals surface area contributed by atoms with E-state index in [1.807, 2.05) is 0 Å². The molecule has 2 heterocycles. The summed E-state index contributed by atoms with van der Waals surface area (Å²) in [6, 6.07) is 0.658. The molecule has 0 atom stereocenters. The van der Waals surface area contributed by atoms with E-state index in [0.717, 1.165) is 50.5 Å². The Kier molecular flexibility index (Phi) is 4.45. The first-order chi connectivity index (χ1) is 9.00. The van der Waals surface area contributed by atoms with Gasteiger partial charge in [-0.3, -0.25) is 0 Å². The predicted molar refractivity (Wildman–Crippen MR) is 74.3 cm³/mol. The maximum absolute atomic E-state index is 8.86. The van der Waals surface area contributed by atoms with Gasteiger partial charge in [-0.05, 0) is 31.6 Å². The number of hydrogen-bond acceptors (Lipinski definition) is 5. The lowest BCUT2D eigenvalue weighted by molar-refractivity contribution is 0.259. The molecule has 0 radical (unpaired) electrons. The van der Waals surface area contributed by atoms with Gasteiger partial charge in [0.25, 0.3) is 0 Å². The fourth-order valence-corrected chi connectivity index (χ4v) is 2.44. The van der Waals surface area contributed by atoms with Gasteiger partial charge in [0.2, 0.25) is 0 Å². The second-order valence-corrected chi connectivity index (χ2v) is 6.45. The van der Waals surface area contributed by atoms with Crippen LogP contribution in [-0.2, 0) is 5.41 Å². The van der Waals surface area contributed by atoms with Gasteiger partial charge in [-0.2, -0.15) is 4.98 Å².